The molecule has 0 aromatic heterocycles. The van der Waals surface area contributed by atoms with Gasteiger partial charge in [0, 0.05) is 48.9 Å². The van der Waals surface area contributed by atoms with Crippen LogP contribution in [0.15, 0.2) is 24.3 Å². The van der Waals surface area contributed by atoms with Crippen molar-refractivity contribution in [1.82, 2.24) is 14.7 Å². The number of hydrogen-bond donors (Lipinski definition) is 1. The standard InChI is InChI=1S/C45H65N3O6/c1-26(2)19-33-32-25-37(36(50-10)22-29(32)13-16-46(33)7)53-45-41-31(15-18-48(9)35(41)21-28(5)6)24-39(52-12)43(45)54-44-40-30(23-38(51-11)42(44)49)14-17-47(8)34(40)20-27(3)4/h22-28,33-35,49H,13-21H2,1-12H3/t33-,34+,35-/m1/s1. The first kappa shape index (κ1) is 40.0. The van der Waals surface area contributed by atoms with Gasteiger partial charge in [-0.3, -0.25) is 14.7 Å². The monoisotopic (exact) mass is 743 g/mol. The maximum absolute atomic E-state index is 12.0. The van der Waals surface area contributed by atoms with Crippen LogP contribution in [0.2, 0.25) is 0 Å². The fourth-order valence-corrected chi connectivity index (χ4v) is 9.00. The largest absolute Gasteiger partial charge is 0.502 e. The van der Waals surface area contributed by atoms with Crippen molar-refractivity contribution < 1.29 is 28.8 Å². The number of phenols is 1. The Morgan fingerprint density at radius 2 is 0.981 bits per heavy atom. The fraction of sp³-hybridized carbons (Fsp3) is 0.600. The molecule has 0 amide bonds. The van der Waals surface area contributed by atoms with Gasteiger partial charge in [0.2, 0.25) is 11.5 Å². The highest BCUT2D eigenvalue weighted by Crippen LogP contribution is 2.57. The van der Waals surface area contributed by atoms with Crippen molar-refractivity contribution in [3.05, 3.63) is 57.6 Å². The Hall–Kier alpha value is -3.66. The first-order valence-electron chi connectivity index (χ1n) is 20.1. The zero-order valence-corrected chi connectivity index (χ0v) is 35.0. The van der Waals surface area contributed by atoms with E-state index in [2.05, 4.69) is 95.6 Å². The van der Waals surface area contributed by atoms with E-state index < -0.39 is 0 Å². The number of aromatic hydroxyl groups is 1. The molecule has 3 aliphatic heterocycles. The molecule has 1 N–H and O–H groups in total. The summed E-state index contributed by atoms with van der Waals surface area (Å²) in [5.41, 5.74) is 6.97. The van der Waals surface area contributed by atoms with Crippen molar-refractivity contribution >= 4 is 0 Å². The maximum Gasteiger partial charge on any atom is 0.212 e. The normalized spacial score (nSPS) is 20.5. The van der Waals surface area contributed by atoms with Gasteiger partial charge < -0.3 is 28.8 Å². The van der Waals surface area contributed by atoms with E-state index in [1.54, 1.807) is 21.3 Å². The summed E-state index contributed by atoms with van der Waals surface area (Å²) in [6, 6.07) is 8.87. The van der Waals surface area contributed by atoms with E-state index in [9.17, 15) is 5.11 Å². The summed E-state index contributed by atoms with van der Waals surface area (Å²) in [6.45, 7) is 16.4. The molecule has 3 heterocycles. The van der Waals surface area contributed by atoms with E-state index in [1.165, 1.54) is 16.7 Å². The van der Waals surface area contributed by atoms with Gasteiger partial charge in [0.1, 0.15) is 0 Å². The van der Waals surface area contributed by atoms with Gasteiger partial charge in [0.05, 0.1) is 21.3 Å². The van der Waals surface area contributed by atoms with Gasteiger partial charge >= 0.3 is 0 Å². The lowest BCUT2D eigenvalue weighted by molar-refractivity contribution is 0.193. The van der Waals surface area contributed by atoms with E-state index in [4.69, 9.17) is 23.7 Å². The average Bonchev–Trinajstić information content (AvgIpc) is 3.12. The third kappa shape index (κ3) is 7.87. The molecule has 0 bridgehead atoms. The van der Waals surface area contributed by atoms with E-state index in [0.29, 0.717) is 58.0 Å². The van der Waals surface area contributed by atoms with Crippen LogP contribution in [-0.2, 0) is 19.3 Å². The second kappa shape index (κ2) is 16.6. The third-order valence-corrected chi connectivity index (χ3v) is 11.9. The minimum atomic E-state index is -0.0206. The van der Waals surface area contributed by atoms with E-state index >= 15 is 0 Å². The van der Waals surface area contributed by atoms with Crippen molar-refractivity contribution in [2.45, 2.75) is 98.2 Å². The van der Waals surface area contributed by atoms with Crippen LogP contribution in [0.1, 0.15) is 112 Å². The topological polar surface area (TPSA) is 76.1 Å². The second-order valence-corrected chi connectivity index (χ2v) is 17.2. The lowest BCUT2D eigenvalue weighted by Gasteiger charge is -2.39. The number of benzene rings is 3. The Kier molecular flexibility index (Phi) is 12.3. The molecule has 9 nitrogen and oxygen atoms in total. The lowest BCUT2D eigenvalue weighted by Crippen LogP contribution is -2.34. The predicted octanol–water partition coefficient (Wildman–Crippen LogP) is 9.73. The molecule has 9 heteroatoms. The number of methoxy groups -OCH3 is 3. The molecule has 3 atom stereocenters. The molecule has 3 aromatic rings. The predicted molar refractivity (Wildman–Crippen MR) is 216 cm³/mol. The molecular weight excluding hydrogens is 679 g/mol. The number of phenolic OH excluding ortho intramolecular Hbond substituents is 1. The summed E-state index contributed by atoms with van der Waals surface area (Å²) in [6.07, 6.45) is 5.51. The van der Waals surface area contributed by atoms with Gasteiger partial charge in [-0.05, 0) is 124 Å². The van der Waals surface area contributed by atoms with Crippen molar-refractivity contribution in [3.8, 4) is 46.0 Å². The Balaban J connectivity index is 1.62. The summed E-state index contributed by atoms with van der Waals surface area (Å²) < 4.78 is 32.6. The Labute approximate surface area is 324 Å². The van der Waals surface area contributed by atoms with E-state index in [0.717, 1.165) is 74.8 Å². The van der Waals surface area contributed by atoms with Crippen molar-refractivity contribution in [3.63, 3.8) is 0 Å². The summed E-state index contributed by atoms with van der Waals surface area (Å²) in [4.78, 5) is 7.27. The quantitative estimate of drug-likeness (QED) is 0.184. The van der Waals surface area contributed by atoms with Gasteiger partial charge in [-0.25, -0.2) is 0 Å². The number of ether oxygens (including phenoxy) is 5. The van der Waals surface area contributed by atoms with Crippen LogP contribution in [0.3, 0.4) is 0 Å². The zero-order chi connectivity index (χ0) is 39.0. The van der Waals surface area contributed by atoms with Crippen LogP contribution >= 0.6 is 0 Å². The fourth-order valence-electron chi connectivity index (χ4n) is 9.00. The highest BCUT2D eigenvalue weighted by Gasteiger charge is 2.38. The van der Waals surface area contributed by atoms with Crippen LogP contribution in [0.5, 0.6) is 46.0 Å². The molecule has 0 unspecified atom stereocenters. The van der Waals surface area contributed by atoms with E-state index in [-0.39, 0.29) is 23.9 Å². The SMILES string of the molecule is COc1cc2c(cc1Oc1c(Oc3c(O)c(OC)cc4c3[C@H](CC(C)C)N(C)CC4)c(OC)cc3c1[C@@H](CC(C)C)N(C)CC3)[C@@H](CC(C)C)N(C)CC2. The zero-order valence-electron chi connectivity index (χ0n) is 35.0. The number of hydrogen-bond acceptors (Lipinski definition) is 9. The number of rotatable bonds is 13. The summed E-state index contributed by atoms with van der Waals surface area (Å²) in [5.74, 6) is 5.11. The highest BCUT2D eigenvalue weighted by molar-refractivity contribution is 5.67. The molecule has 0 radical (unpaired) electrons. The van der Waals surface area contributed by atoms with Crippen molar-refractivity contribution in [1.29, 1.82) is 0 Å². The Morgan fingerprint density at radius 1 is 0.537 bits per heavy atom. The summed E-state index contributed by atoms with van der Waals surface area (Å²) in [5, 5.41) is 12.0. The van der Waals surface area contributed by atoms with Gasteiger partial charge in [-0.2, -0.15) is 0 Å². The smallest absolute Gasteiger partial charge is 0.212 e. The molecule has 0 saturated carbocycles. The van der Waals surface area contributed by atoms with Crippen LogP contribution in [0.4, 0.5) is 0 Å². The maximum atomic E-state index is 12.0. The molecule has 0 aliphatic carbocycles. The molecule has 3 aliphatic rings. The van der Waals surface area contributed by atoms with Crippen LogP contribution < -0.4 is 23.7 Å². The molecule has 0 fully saturated rings. The molecule has 54 heavy (non-hydrogen) atoms. The van der Waals surface area contributed by atoms with Gasteiger partial charge in [0.15, 0.2) is 34.5 Å². The first-order chi connectivity index (χ1) is 25.8. The van der Waals surface area contributed by atoms with Gasteiger partial charge in [0.25, 0.3) is 0 Å². The molecule has 3 aromatic carbocycles. The van der Waals surface area contributed by atoms with Gasteiger partial charge in [-0.15, -0.1) is 0 Å². The summed E-state index contributed by atoms with van der Waals surface area (Å²) in [7, 11) is 11.6. The molecule has 0 spiro atoms. The average molecular weight is 744 g/mol. The minimum absolute atomic E-state index is 0.0206. The van der Waals surface area contributed by atoms with Crippen LogP contribution in [0, 0.1) is 17.8 Å². The number of likely N-dealkylation sites (N-methyl/N-ethyl adjacent to an activating group) is 3. The molecule has 6 rings (SSSR count). The second-order valence-electron chi connectivity index (χ2n) is 17.2. The summed E-state index contributed by atoms with van der Waals surface area (Å²) >= 11 is 0. The number of fused-ring (bicyclic) bond motifs is 3. The Morgan fingerprint density at radius 3 is 1.50 bits per heavy atom. The third-order valence-electron chi connectivity index (χ3n) is 11.9. The van der Waals surface area contributed by atoms with Crippen LogP contribution in [0.25, 0.3) is 0 Å². The minimum Gasteiger partial charge on any atom is -0.502 e. The Bertz CT molecular complexity index is 1810. The van der Waals surface area contributed by atoms with Crippen LogP contribution in [-0.4, -0.2) is 81.9 Å². The first-order valence-corrected chi connectivity index (χ1v) is 20.1. The van der Waals surface area contributed by atoms with Crippen molar-refractivity contribution in [2.24, 2.45) is 17.8 Å². The molecule has 0 saturated heterocycles. The number of nitrogens with zero attached hydrogens (tertiary/aromatic N) is 3. The van der Waals surface area contributed by atoms with Gasteiger partial charge in [-0.1, -0.05) is 41.5 Å². The van der Waals surface area contributed by atoms with Crippen molar-refractivity contribution in [2.75, 3.05) is 62.1 Å². The van der Waals surface area contributed by atoms with E-state index in [1.807, 2.05) is 6.07 Å². The lowest BCUT2D eigenvalue weighted by atomic mass is 9.86. The highest BCUT2D eigenvalue weighted by atomic mass is 16.6. The molecular formula is C45H65N3O6. The molecule has 296 valence electrons.